The molecule has 1 saturated heterocycles. The summed E-state index contributed by atoms with van der Waals surface area (Å²) in [6.45, 7) is 0. The Balaban J connectivity index is 1.91. The van der Waals surface area contributed by atoms with Crippen LogP contribution in [0.15, 0.2) is 12.7 Å². The number of hydrogen-bond acceptors (Lipinski definition) is 10. The number of phosphoric acid groups is 1. The molecular formula is C10H12N5O8P. The molecule has 6 N–H and O–H groups in total. The summed E-state index contributed by atoms with van der Waals surface area (Å²) in [5.41, 5.74) is 6.02. The van der Waals surface area contributed by atoms with E-state index >= 15 is 0 Å². The number of rotatable bonds is 3. The Hall–Kier alpha value is -2.15. The van der Waals surface area contributed by atoms with Crippen molar-refractivity contribution in [2.45, 2.75) is 24.5 Å². The first kappa shape index (κ1) is 16.7. The van der Waals surface area contributed by atoms with Crippen molar-refractivity contribution in [3.05, 3.63) is 12.7 Å². The van der Waals surface area contributed by atoms with E-state index in [9.17, 15) is 19.6 Å². The molecule has 3 heterocycles. The van der Waals surface area contributed by atoms with Gasteiger partial charge in [-0.15, -0.1) is 0 Å². The van der Waals surface area contributed by atoms with Crippen molar-refractivity contribution in [1.82, 2.24) is 19.5 Å². The molecule has 0 amide bonds. The number of imidazole rings is 1. The van der Waals surface area contributed by atoms with Crippen LogP contribution in [0.25, 0.3) is 11.2 Å². The van der Waals surface area contributed by atoms with Gasteiger partial charge in [-0.25, -0.2) is 24.3 Å². The molecule has 24 heavy (non-hydrogen) atoms. The predicted molar refractivity (Wildman–Crippen MR) is 73.8 cm³/mol. The van der Waals surface area contributed by atoms with Gasteiger partial charge in [0, 0.05) is 0 Å². The fourth-order valence-corrected chi connectivity index (χ4v) is 2.65. The fraction of sp³-hybridized carbons (Fsp3) is 0.400. The minimum absolute atomic E-state index is 0.0734. The molecule has 2 aromatic heterocycles. The highest BCUT2D eigenvalue weighted by molar-refractivity contribution is 7.46. The van der Waals surface area contributed by atoms with Gasteiger partial charge in [0.25, 0.3) is 0 Å². The first-order valence-corrected chi connectivity index (χ1v) is 7.95. The van der Waals surface area contributed by atoms with E-state index in [0.717, 1.165) is 6.33 Å². The second-order valence-corrected chi connectivity index (χ2v) is 6.08. The molecule has 0 bridgehead atoms. The Bertz CT molecular complexity index is 836. The third-order valence-electron chi connectivity index (χ3n) is 3.34. The van der Waals surface area contributed by atoms with E-state index in [-0.39, 0.29) is 17.0 Å². The second-order valence-electron chi connectivity index (χ2n) is 4.91. The van der Waals surface area contributed by atoms with Gasteiger partial charge in [0.2, 0.25) is 0 Å². The predicted octanol–water partition coefficient (Wildman–Crippen LogP) is -2.34. The zero-order valence-electron chi connectivity index (χ0n) is 11.7. The molecular weight excluding hydrogens is 349 g/mol. The highest BCUT2D eigenvalue weighted by atomic mass is 31.2. The molecule has 0 radical (unpaired) electrons. The lowest BCUT2D eigenvalue weighted by Gasteiger charge is -2.16. The van der Waals surface area contributed by atoms with E-state index in [1.54, 1.807) is 0 Å². The molecule has 0 saturated carbocycles. The molecule has 4 atom stereocenters. The lowest BCUT2D eigenvalue weighted by atomic mass is 10.1. The van der Waals surface area contributed by atoms with Gasteiger partial charge in [0.1, 0.15) is 24.1 Å². The zero-order chi connectivity index (χ0) is 17.6. The summed E-state index contributed by atoms with van der Waals surface area (Å²) in [6, 6.07) is 0. The molecule has 0 aromatic carbocycles. The van der Waals surface area contributed by atoms with E-state index in [1.807, 2.05) is 0 Å². The monoisotopic (exact) mass is 361 g/mol. The average Bonchev–Trinajstić information content (AvgIpc) is 3.01. The Kier molecular flexibility index (Phi) is 3.99. The van der Waals surface area contributed by atoms with E-state index in [0.29, 0.717) is 0 Å². The largest absolute Gasteiger partial charge is 0.527 e. The molecule has 3 rings (SSSR count). The first-order valence-electron chi connectivity index (χ1n) is 6.42. The Morgan fingerprint density at radius 3 is 2.67 bits per heavy atom. The number of aliphatic hydroxyl groups excluding tert-OH is 2. The van der Waals surface area contributed by atoms with E-state index in [2.05, 4.69) is 19.5 Å². The molecule has 1 aliphatic heterocycles. The highest BCUT2D eigenvalue weighted by Gasteiger charge is 2.49. The highest BCUT2D eigenvalue weighted by Crippen LogP contribution is 2.39. The van der Waals surface area contributed by atoms with Gasteiger partial charge >= 0.3 is 13.8 Å². The van der Waals surface area contributed by atoms with Crippen LogP contribution in [0.1, 0.15) is 6.23 Å². The number of carbonyl (C=O) groups is 1. The molecule has 14 heteroatoms. The summed E-state index contributed by atoms with van der Waals surface area (Å²) in [5.74, 6) is -1.44. The third kappa shape index (κ3) is 2.84. The van der Waals surface area contributed by atoms with Crippen LogP contribution in [-0.4, -0.2) is 63.8 Å². The maximum Gasteiger partial charge on any atom is 0.527 e. The van der Waals surface area contributed by atoms with Crippen LogP contribution in [0.4, 0.5) is 5.82 Å². The first-order chi connectivity index (χ1) is 11.2. The number of fused-ring (bicyclic) bond motifs is 1. The fourth-order valence-electron chi connectivity index (χ4n) is 2.31. The normalized spacial score (nSPS) is 27.5. The molecule has 13 nitrogen and oxygen atoms in total. The minimum atomic E-state index is -5.12. The number of hydrogen-bond donors (Lipinski definition) is 5. The summed E-state index contributed by atoms with van der Waals surface area (Å²) in [6.07, 6.45) is -4.18. The number of aliphatic hydroxyl groups is 2. The Morgan fingerprint density at radius 1 is 1.29 bits per heavy atom. The van der Waals surface area contributed by atoms with Crippen LogP contribution in [-0.2, 0) is 18.6 Å². The van der Waals surface area contributed by atoms with Gasteiger partial charge in [0.15, 0.2) is 23.8 Å². The van der Waals surface area contributed by atoms with E-state index < -0.39 is 38.3 Å². The van der Waals surface area contributed by atoms with Crippen LogP contribution in [0, 0.1) is 0 Å². The van der Waals surface area contributed by atoms with Crippen LogP contribution < -0.4 is 5.73 Å². The van der Waals surface area contributed by atoms with E-state index in [1.165, 1.54) is 10.9 Å². The van der Waals surface area contributed by atoms with Crippen molar-refractivity contribution in [3.8, 4) is 0 Å². The molecule has 1 aliphatic rings. The van der Waals surface area contributed by atoms with Gasteiger partial charge in [-0.3, -0.25) is 14.4 Å². The van der Waals surface area contributed by atoms with Gasteiger partial charge < -0.3 is 25.2 Å². The minimum Gasteiger partial charge on any atom is -0.387 e. The van der Waals surface area contributed by atoms with Crippen molar-refractivity contribution >= 4 is 30.8 Å². The SMILES string of the molecule is Nc1ncnc2c1ncn2[C@@H]1O[C@H](C(=O)OP(=O)(O)O)[C@@H](O)[C@H]1O. The summed E-state index contributed by atoms with van der Waals surface area (Å²) >= 11 is 0. The van der Waals surface area contributed by atoms with E-state index in [4.69, 9.17) is 20.3 Å². The number of carbonyl (C=O) groups excluding carboxylic acids is 1. The molecule has 1 fully saturated rings. The molecule has 0 unspecified atom stereocenters. The molecule has 2 aromatic rings. The van der Waals surface area contributed by atoms with Crippen molar-refractivity contribution < 1.29 is 38.6 Å². The van der Waals surface area contributed by atoms with Crippen LogP contribution in [0.3, 0.4) is 0 Å². The van der Waals surface area contributed by atoms with Gasteiger partial charge in [-0.1, -0.05) is 0 Å². The number of ether oxygens (including phenoxy) is 1. The maximum atomic E-state index is 11.7. The number of aromatic nitrogens is 4. The van der Waals surface area contributed by atoms with Gasteiger partial charge in [-0.2, -0.15) is 0 Å². The number of nitrogens with two attached hydrogens (primary N) is 1. The smallest absolute Gasteiger partial charge is 0.387 e. The average molecular weight is 361 g/mol. The topological polar surface area (TPSA) is 203 Å². The maximum absolute atomic E-state index is 11.7. The van der Waals surface area contributed by atoms with Crippen molar-refractivity contribution in [2.24, 2.45) is 0 Å². The number of phosphoric ester groups is 1. The van der Waals surface area contributed by atoms with Crippen LogP contribution in [0.5, 0.6) is 0 Å². The van der Waals surface area contributed by atoms with Crippen molar-refractivity contribution in [2.75, 3.05) is 5.73 Å². The molecule has 0 aliphatic carbocycles. The summed E-state index contributed by atoms with van der Waals surface area (Å²) in [5, 5.41) is 20.0. The lowest BCUT2D eigenvalue weighted by Crippen LogP contribution is -2.36. The number of anilines is 1. The number of nitrogens with zero attached hydrogens (tertiary/aromatic N) is 4. The zero-order valence-corrected chi connectivity index (χ0v) is 12.6. The molecule has 130 valence electrons. The second kappa shape index (κ2) is 5.73. The van der Waals surface area contributed by atoms with Crippen molar-refractivity contribution in [1.29, 1.82) is 0 Å². The van der Waals surface area contributed by atoms with Crippen LogP contribution >= 0.6 is 7.82 Å². The van der Waals surface area contributed by atoms with Gasteiger partial charge in [-0.05, 0) is 0 Å². The standard InChI is InChI=1S/C10H12N5O8P/c11-7-3-8(13-1-12-7)15(2-14-3)9-5(17)4(16)6(22-9)10(18)23-24(19,20)21/h1-2,4-6,9,16-17H,(H2,11,12,13)(H2,19,20,21)/t4-,5+,6-,9+/m0/s1. The summed E-state index contributed by atoms with van der Waals surface area (Å²) in [4.78, 5) is 40.6. The Morgan fingerprint density at radius 2 is 2.00 bits per heavy atom. The summed E-state index contributed by atoms with van der Waals surface area (Å²) in [7, 11) is -5.12. The quantitative estimate of drug-likeness (QED) is 0.365. The lowest BCUT2D eigenvalue weighted by molar-refractivity contribution is -0.153. The summed E-state index contributed by atoms with van der Waals surface area (Å²) < 4.78 is 21.0. The number of nitrogen functional groups attached to an aromatic ring is 1. The molecule has 0 spiro atoms. The third-order valence-corrected chi connectivity index (χ3v) is 3.76. The Labute approximate surface area is 132 Å². The van der Waals surface area contributed by atoms with Gasteiger partial charge in [0.05, 0.1) is 6.33 Å². The van der Waals surface area contributed by atoms with Crippen molar-refractivity contribution in [3.63, 3.8) is 0 Å². The van der Waals surface area contributed by atoms with Crippen LogP contribution in [0.2, 0.25) is 0 Å².